The van der Waals surface area contributed by atoms with Gasteiger partial charge in [0.15, 0.2) is 0 Å². The van der Waals surface area contributed by atoms with Crippen LogP contribution in [0.25, 0.3) is 0 Å². The second kappa shape index (κ2) is 7.76. The molecule has 8 nitrogen and oxygen atoms in total. The Labute approximate surface area is 139 Å². The van der Waals surface area contributed by atoms with Crippen LogP contribution in [0, 0.1) is 0 Å². The van der Waals surface area contributed by atoms with E-state index < -0.39 is 24.0 Å². The van der Waals surface area contributed by atoms with Gasteiger partial charge in [-0.15, -0.1) is 0 Å². The molecule has 2 atom stereocenters. The van der Waals surface area contributed by atoms with Crippen molar-refractivity contribution in [1.82, 2.24) is 9.80 Å². The van der Waals surface area contributed by atoms with E-state index in [1.165, 1.54) is 22.0 Å². The quantitative estimate of drug-likeness (QED) is 0.509. The molecule has 8 heteroatoms. The van der Waals surface area contributed by atoms with E-state index in [0.29, 0.717) is 12.8 Å². The number of carbonyl (C=O) groups excluding carboxylic acids is 2. The lowest BCUT2D eigenvalue weighted by molar-refractivity contribution is -0.147. The van der Waals surface area contributed by atoms with Gasteiger partial charge in [-0.1, -0.05) is 24.3 Å². The summed E-state index contributed by atoms with van der Waals surface area (Å²) in [6.45, 7) is 0.572. The normalized spacial score (nSPS) is 22.2. The number of rotatable bonds is 7. The average molecular weight is 336 g/mol. The first-order valence-corrected chi connectivity index (χ1v) is 7.79. The van der Waals surface area contributed by atoms with Gasteiger partial charge in [-0.2, -0.15) is 0 Å². The maximum absolute atomic E-state index is 12.0. The molecule has 2 heterocycles. The molecule has 0 aromatic carbocycles. The molecule has 0 saturated heterocycles. The van der Waals surface area contributed by atoms with Crippen LogP contribution >= 0.6 is 0 Å². The van der Waals surface area contributed by atoms with Gasteiger partial charge in [-0.05, 0) is 12.8 Å². The Morgan fingerprint density at radius 2 is 1.17 bits per heavy atom. The Morgan fingerprint density at radius 1 is 0.792 bits per heavy atom. The number of hydrogen-bond acceptors (Lipinski definition) is 4. The van der Waals surface area contributed by atoms with Crippen molar-refractivity contribution in [2.24, 2.45) is 0 Å². The van der Waals surface area contributed by atoms with E-state index in [-0.39, 0.29) is 37.7 Å². The van der Waals surface area contributed by atoms with Crippen LogP contribution in [0.3, 0.4) is 0 Å². The minimum atomic E-state index is -1.06. The van der Waals surface area contributed by atoms with Gasteiger partial charge >= 0.3 is 11.9 Å². The molecule has 2 rings (SSSR count). The lowest BCUT2D eigenvalue weighted by Crippen LogP contribution is -2.41. The molecule has 2 amide bonds. The minimum absolute atomic E-state index is 0.166. The zero-order chi connectivity index (χ0) is 17.7. The van der Waals surface area contributed by atoms with Crippen molar-refractivity contribution in [3.63, 3.8) is 0 Å². The number of carbonyl (C=O) groups is 4. The first-order chi connectivity index (χ1) is 11.4. The van der Waals surface area contributed by atoms with Gasteiger partial charge in [0.1, 0.15) is 12.1 Å². The van der Waals surface area contributed by atoms with Crippen LogP contribution in [0.4, 0.5) is 0 Å². The van der Waals surface area contributed by atoms with Crippen molar-refractivity contribution in [3.8, 4) is 0 Å². The van der Waals surface area contributed by atoms with Crippen LogP contribution in [0.2, 0.25) is 0 Å². The average Bonchev–Trinajstić information content (AvgIpc) is 3.19. The molecular formula is C16H20N2O6. The van der Waals surface area contributed by atoms with Crippen molar-refractivity contribution < 1.29 is 29.4 Å². The van der Waals surface area contributed by atoms with Crippen LogP contribution < -0.4 is 0 Å². The van der Waals surface area contributed by atoms with E-state index in [1.54, 1.807) is 12.2 Å². The summed E-state index contributed by atoms with van der Waals surface area (Å²) >= 11 is 0. The molecule has 24 heavy (non-hydrogen) atoms. The largest absolute Gasteiger partial charge is 0.479 e. The highest BCUT2D eigenvalue weighted by Gasteiger charge is 2.31. The third kappa shape index (κ3) is 4.01. The number of amides is 2. The van der Waals surface area contributed by atoms with Crippen LogP contribution in [0.5, 0.6) is 0 Å². The van der Waals surface area contributed by atoms with Gasteiger partial charge in [0, 0.05) is 25.9 Å². The molecule has 0 radical (unpaired) electrons. The smallest absolute Gasteiger partial charge is 0.330 e. The first kappa shape index (κ1) is 17.7. The van der Waals surface area contributed by atoms with Crippen LogP contribution in [0.15, 0.2) is 24.3 Å². The molecule has 0 bridgehead atoms. The summed E-state index contributed by atoms with van der Waals surface area (Å²) in [4.78, 5) is 48.7. The molecule has 0 unspecified atom stereocenters. The third-order valence-electron chi connectivity index (χ3n) is 4.09. The third-order valence-corrected chi connectivity index (χ3v) is 4.09. The molecule has 0 saturated carbocycles. The van der Waals surface area contributed by atoms with E-state index in [1.807, 2.05) is 0 Å². The van der Waals surface area contributed by atoms with Crippen molar-refractivity contribution in [3.05, 3.63) is 24.3 Å². The number of carboxylic acid groups (broad SMARTS) is 2. The summed E-state index contributed by atoms with van der Waals surface area (Å²) in [5, 5.41) is 18.0. The van der Waals surface area contributed by atoms with Gasteiger partial charge < -0.3 is 20.0 Å². The monoisotopic (exact) mass is 336 g/mol. The van der Waals surface area contributed by atoms with Gasteiger partial charge in [0.05, 0.1) is 0 Å². The van der Waals surface area contributed by atoms with E-state index in [9.17, 15) is 19.2 Å². The Bertz CT molecular complexity index is 545. The second-order valence-corrected chi connectivity index (χ2v) is 5.72. The van der Waals surface area contributed by atoms with Gasteiger partial charge in [-0.25, -0.2) is 9.59 Å². The van der Waals surface area contributed by atoms with E-state index >= 15 is 0 Å². The predicted octanol–water partition coefficient (Wildman–Crippen LogP) is 0.250. The number of hydrogen-bond donors (Lipinski definition) is 2. The Hall–Kier alpha value is -2.64. The Morgan fingerprint density at radius 3 is 1.50 bits per heavy atom. The maximum atomic E-state index is 12.0. The van der Waals surface area contributed by atoms with Crippen LogP contribution in [-0.2, 0) is 19.2 Å². The number of carboxylic acids is 2. The number of unbranched alkanes of at least 4 members (excludes halogenated alkanes) is 1. The fourth-order valence-corrected chi connectivity index (χ4v) is 2.83. The SMILES string of the molecule is O=C(O)[C@H]1C=CCN1C(=O)CCCCC(=O)N1CC=C[C@@H]1C(=O)O. The molecule has 2 aliphatic heterocycles. The lowest BCUT2D eigenvalue weighted by atomic mass is 10.1. The number of nitrogens with zero attached hydrogens (tertiary/aromatic N) is 2. The van der Waals surface area contributed by atoms with Crippen LogP contribution in [-0.4, -0.2) is 68.9 Å². The van der Waals surface area contributed by atoms with E-state index in [0.717, 1.165) is 0 Å². The van der Waals surface area contributed by atoms with Crippen molar-refractivity contribution in [2.45, 2.75) is 37.8 Å². The zero-order valence-electron chi connectivity index (χ0n) is 13.1. The standard InChI is InChI=1S/C16H20N2O6/c19-13(17-9-3-5-11(17)15(21)22)7-1-2-8-14(20)18-10-4-6-12(18)16(23)24/h3-6,11-12H,1-2,7-10H2,(H,21,22)(H,23,24)/t11-,12-/m1/s1. The lowest BCUT2D eigenvalue weighted by Gasteiger charge is -2.22. The maximum Gasteiger partial charge on any atom is 0.330 e. The summed E-state index contributed by atoms with van der Waals surface area (Å²) < 4.78 is 0. The van der Waals surface area contributed by atoms with Gasteiger partial charge in [-0.3, -0.25) is 9.59 Å². The Balaban J connectivity index is 1.71. The first-order valence-electron chi connectivity index (χ1n) is 7.79. The molecule has 0 aromatic heterocycles. The summed E-state index contributed by atoms with van der Waals surface area (Å²) in [5.74, 6) is -2.64. The summed E-state index contributed by atoms with van der Waals surface area (Å²) in [7, 11) is 0. The molecule has 2 N–H and O–H groups in total. The van der Waals surface area contributed by atoms with Gasteiger partial charge in [0.2, 0.25) is 11.8 Å². The number of aliphatic carboxylic acids is 2. The molecule has 0 aliphatic carbocycles. The highest BCUT2D eigenvalue weighted by Crippen LogP contribution is 2.16. The topological polar surface area (TPSA) is 115 Å². The van der Waals surface area contributed by atoms with E-state index in [2.05, 4.69) is 0 Å². The molecule has 2 aliphatic rings. The molecule has 0 fully saturated rings. The molecule has 0 spiro atoms. The minimum Gasteiger partial charge on any atom is -0.479 e. The van der Waals surface area contributed by atoms with Gasteiger partial charge in [0.25, 0.3) is 0 Å². The fourth-order valence-electron chi connectivity index (χ4n) is 2.83. The van der Waals surface area contributed by atoms with E-state index in [4.69, 9.17) is 10.2 Å². The summed E-state index contributed by atoms with van der Waals surface area (Å²) in [6.07, 6.45) is 7.49. The van der Waals surface area contributed by atoms with Crippen LogP contribution in [0.1, 0.15) is 25.7 Å². The zero-order valence-corrected chi connectivity index (χ0v) is 13.1. The van der Waals surface area contributed by atoms with Crippen molar-refractivity contribution in [2.75, 3.05) is 13.1 Å². The Kier molecular flexibility index (Phi) is 5.73. The van der Waals surface area contributed by atoms with Crippen molar-refractivity contribution >= 4 is 23.8 Å². The highest BCUT2D eigenvalue weighted by molar-refractivity contribution is 5.87. The summed E-state index contributed by atoms with van der Waals surface area (Å²) in [5.41, 5.74) is 0. The fraction of sp³-hybridized carbons (Fsp3) is 0.500. The molecular weight excluding hydrogens is 316 g/mol. The molecule has 130 valence electrons. The predicted molar refractivity (Wildman–Crippen MR) is 83.0 cm³/mol. The molecule has 0 aromatic rings. The van der Waals surface area contributed by atoms with Crippen molar-refractivity contribution in [1.29, 1.82) is 0 Å². The second-order valence-electron chi connectivity index (χ2n) is 5.72. The highest BCUT2D eigenvalue weighted by atomic mass is 16.4. The summed E-state index contributed by atoms with van der Waals surface area (Å²) in [6, 6.07) is -1.82.